The third-order valence-electron chi connectivity index (χ3n) is 3.97. The number of hydrogen-bond donors (Lipinski definition) is 2. The summed E-state index contributed by atoms with van der Waals surface area (Å²) in [6, 6.07) is 7.86. The normalized spacial score (nSPS) is 11.6. The Morgan fingerprint density at radius 1 is 1.28 bits per heavy atom. The van der Waals surface area contributed by atoms with Gasteiger partial charge in [-0.3, -0.25) is 4.79 Å². The molecule has 32 heavy (non-hydrogen) atoms. The number of carbonyl (C=O) groups excluding carboxylic acids is 1. The molecule has 3 aromatic rings. The largest absolute Gasteiger partial charge is 0.495 e. The molecule has 0 unspecified atom stereocenters. The lowest BCUT2D eigenvalue weighted by Crippen LogP contribution is -2.20. The number of hydrogen-bond acceptors (Lipinski definition) is 6. The number of nitrogens with one attached hydrogen (secondary N) is 2. The van der Waals surface area contributed by atoms with E-state index in [0.717, 1.165) is 23.5 Å². The fourth-order valence-electron chi connectivity index (χ4n) is 2.61. The van der Waals surface area contributed by atoms with Gasteiger partial charge in [0.2, 0.25) is 5.91 Å². The molecule has 0 saturated heterocycles. The van der Waals surface area contributed by atoms with Crippen molar-refractivity contribution in [2.45, 2.75) is 12.6 Å². The molecule has 0 bridgehead atoms. The highest BCUT2D eigenvalue weighted by molar-refractivity contribution is 7.13. The van der Waals surface area contributed by atoms with Crippen molar-refractivity contribution >= 4 is 57.5 Å². The third kappa shape index (κ3) is 6.35. The molecule has 0 saturated carbocycles. The summed E-state index contributed by atoms with van der Waals surface area (Å²) in [6.45, 7) is 0. The summed E-state index contributed by atoms with van der Waals surface area (Å²) in [7, 11) is 1.44. The maximum Gasteiger partial charge on any atom is 0.416 e. The van der Waals surface area contributed by atoms with E-state index in [1.54, 1.807) is 11.4 Å². The zero-order valence-corrected chi connectivity index (χ0v) is 18.7. The number of anilines is 2. The number of hydrazone groups is 1. The van der Waals surface area contributed by atoms with Crippen LogP contribution in [0.2, 0.25) is 10.0 Å². The van der Waals surface area contributed by atoms with E-state index in [9.17, 15) is 18.0 Å². The number of ether oxygens (including phenoxy) is 1. The molecule has 0 atom stereocenters. The Balaban J connectivity index is 1.59. The number of methoxy groups -OCH3 is 1. The van der Waals surface area contributed by atoms with Crippen LogP contribution in [0.1, 0.15) is 16.8 Å². The molecular weight excluding hydrogens is 488 g/mol. The van der Waals surface area contributed by atoms with Crippen molar-refractivity contribution in [1.29, 1.82) is 0 Å². The average molecular weight is 503 g/mol. The predicted octanol–water partition coefficient (Wildman–Crippen LogP) is 5.91. The van der Waals surface area contributed by atoms with Crippen LogP contribution in [0.3, 0.4) is 0 Å². The molecule has 6 nitrogen and oxygen atoms in total. The van der Waals surface area contributed by atoms with Gasteiger partial charge >= 0.3 is 6.18 Å². The number of nitrogens with zero attached hydrogens (tertiary/aromatic N) is 2. The van der Waals surface area contributed by atoms with Gasteiger partial charge in [-0.15, -0.1) is 11.3 Å². The van der Waals surface area contributed by atoms with Crippen LogP contribution in [-0.4, -0.2) is 24.2 Å². The Bertz CT molecular complexity index is 1150. The molecule has 0 spiro atoms. The summed E-state index contributed by atoms with van der Waals surface area (Å²) in [6.07, 6.45) is -3.17. The van der Waals surface area contributed by atoms with Gasteiger partial charge in [-0.2, -0.15) is 18.3 Å². The maximum absolute atomic E-state index is 12.8. The molecular formula is C20H15Cl2F3N4O2S. The van der Waals surface area contributed by atoms with E-state index in [4.69, 9.17) is 27.9 Å². The fourth-order valence-corrected chi connectivity index (χ4v) is 3.93. The van der Waals surface area contributed by atoms with E-state index < -0.39 is 17.6 Å². The quantitative estimate of drug-likeness (QED) is 0.311. The lowest BCUT2D eigenvalue weighted by molar-refractivity contribution is -0.137. The summed E-state index contributed by atoms with van der Waals surface area (Å²) in [5.41, 5.74) is 2.74. The minimum atomic E-state index is -4.44. The van der Waals surface area contributed by atoms with Gasteiger partial charge in [0.25, 0.3) is 0 Å². The monoisotopic (exact) mass is 502 g/mol. The highest BCUT2D eigenvalue weighted by Crippen LogP contribution is 2.32. The zero-order chi connectivity index (χ0) is 23.3. The second-order valence-corrected chi connectivity index (χ2v) is 8.03. The van der Waals surface area contributed by atoms with Gasteiger partial charge in [0, 0.05) is 21.7 Å². The lowest BCUT2D eigenvalue weighted by atomic mass is 10.2. The topological polar surface area (TPSA) is 75.6 Å². The highest BCUT2D eigenvalue weighted by atomic mass is 35.5. The maximum atomic E-state index is 12.8. The summed E-state index contributed by atoms with van der Waals surface area (Å²) in [5, 5.41) is 9.34. The van der Waals surface area contributed by atoms with Gasteiger partial charge in [0.1, 0.15) is 5.75 Å². The lowest BCUT2D eigenvalue weighted by Gasteiger charge is -2.08. The predicted molar refractivity (Wildman–Crippen MR) is 119 cm³/mol. The molecule has 0 fully saturated rings. The van der Waals surface area contributed by atoms with Crippen LogP contribution in [0, 0.1) is 0 Å². The molecule has 0 radical (unpaired) electrons. The minimum absolute atomic E-state index is 0.0778. The second kappa shape index (κ2) is 10.2. The van der Waals surface area contributed by atoms with Gasteiger partial charge < -0.3 is 10.1 Å². The molecule has 0 aliphatic rings. The number of thiazole rings is 1. The third-order valence-corrected chi connectivity index (χ3v) is 5.27. The van der Waals surface area contributed by atoms with Gasteiger partial charge in [-0.1, -0.05) is 29.3 Å². The molecule has 1 aromatic heterocycles. The van der Waals surface area contributed by atoms with Gasteiger partial charge in [0.05, 0.1) is 36.0 Å². The first-order chi connectivity index (χ1) is 15.2. The molecule has 168 valence electrons. The van der Waals surface area contributed by atoms with Crippen LogP contribution < -0.4 is 15.5 Å². The number of aromatic nitrogens is 1. The molecule has 12 heteroatoms. The van der Waals surface area contributed by atoms with Crippen molar-refractivity contribution in [1.82, 2.24) is 10.4 Å². The van der Waals surface area contributed by atoms with Crippen LogP contribution in [0.15, 0.2) is 46.9 Å². The zero-order valence-electron chi connectivity index (χ0n) is 16.3. The van der Waals surface area contributed by atoms with Crippen molar-refractivity contribution < 1.29 is 22.7 Å². The first kappa shape index (κ1) is 23.8. The summed E-state index contributed by atoms with van der Waals surface area (Å²) < 4.78 is 43.7. The number of carbonyl (C=O) groups is 1. The number of rotatable bonds is 7. The van der Waals surface area contributed by atoms with Crippen molar-refractivity contribution in [3.05, 3.63) is 68.6 Å². The van der Waals surface area contributed by atoms with Crippen LogP contribution in [0.5, 0.6) is 5.75 Å². The van der Waals surface area contributed by atoms with Gasteiger partial charge in [-0.25, -0.2) is 10.4 Å². The SMILES string of the molecule is COc1c(Cl)cc(Cl)cc1/C=N\NC(=O)Cc1csc(Nc2cccc(C(F)(F)F)c2)n1. The standard InChI is InChI=1S/C20H15Cl2F3N4O2S/c1-31-18-11(5-13(21)7-16(18)22)9-26-29-17(30)8-15-10-32-19(28-15)27-14-4-2-3-12(6-14)20(23,24)25/h2-7,9-10H,8H2,1H3,(H,27,28)(H,29,30)/b26-9-. The highest BCUT2D eigenvalue weighted by Gasteiger charge is 2.30. The molecule has 2 N–H and O–H groups in total. The van der Waals surface area contributed by atoms with E-state index in [1.165, 1.54) is 31.5 Å². The molecule has 3 rings (SSSR count). The minimum Gasteiger partial charge on any atom is -0.495 e. The fraction of sp³-hybridized carbons (Fsp3) is 0.150. The van der Waals surface area contributed by atoms with Gasteiger partial charge in [-0.05, 0) is 30.3 Å². The van der Waals surface area contributed by atoms with Crippen LogP contribution in [0.4, 0.5) is 24.0 Å². The Morgan fingerprint density at radius 2 is 2.06 bits per heavy atom. The number of alkyl halides is 3. The van der Waals surface area contributed by atoms with Crippen molar-refractivity contribution in [3.63, 3.8) is 0 Å². The summed E-state index contributed by atoms with van der Waals surface area (Å²) >= 11 is 13.2. The van der Waals surface area contributed by atoms with Crippen molar-refractivity contribution in [2.24, 2.45) is 5.10 Å². The smallest absolute Gasteiger partial charge is 0.416 e. The molecule has 1 amide bonds. The Hall–Kier alpha value is -2.82. The molecule has 1 heterocycles. The molecule has 0 aliphatic heterocycles. The van der Waals surface area contributed by atoms with E-state index in [-0.39, 0.29) is 12.1 Å². The second-order valence-electron chi connectivity index (χ2n) is 6.33. The number of halogens is 5. The number of benzene rings is 2. The molecule has 0 aliphatic carbocycles. The van der Waals surface area contributed by atoms with Gasteiger partial charge in [0.15, 0.2) is 5.13 Å². The molecule has 2 aromatic carbocycles. The van der Waals surface area contributed by atoms with Crippen molar-refractivity contribution in [2.75, 3.05) is 12.4 Å². The van der Waals surface area contributed by atoms with E-state index in [2.05, 4.69) is 20.8 Å². The van der Waals surface area contributed by atoms with Crippen LogP contribution in [0.25, 0.3) is 0 Å². The van der Waals surface area contributed by atoms with Crippen LogP contribution >= 0.6 is 34.5 Å². The summed E-state index contributed by atoms with van der Waals surface area (Å²) in [5.74, 6) is -0.0804. The Kier molecular flexibility index (Phi) is 7.60. The first-order valence-electron chi connectivity index (χ1n) is 8.89. The Labute approximate surface area is 195 Å². The first-order valence-corrected chi connectivity index (χ1v) is 10.5. The van der Waals surface area contributed by atoms with E-state index in [0.29, 0.717) is 32.2 Å². The summed E-state index contributed by atoms with van der Waals surface area (Å²) in [4.78, 5) is 16.3. The average Bonchev–Trinajstić information content (AvgIpc) is 3.14. The van der Waals surface area contributed by atoms with E-state index in [1.807, 2.05) is 0 Å². The van der Waals surface area contributed by atoms with E-state index >= 15 is 0 Å². The Morgan fingerprint density at radius 3 is 2.78 bits per heavy atom. The van der Waals surface area contributed by atoms with Crippen LogP contribution in [-0.2, 0) is 17.4 Å². The number of amides is 1. The van der Waals surface area contributed by atoms with Crippen molar-refractivity contribution in [3.8, 4) is 5.75 Å².